The van der Waals surface area contributed by atoms with E-state index < -0.39 is 0 Å². The van der Waals surface area contributed by atoms with Gasteiger partial charge in [-0.15, -0.1) is 0 Å². The summed E-state index contributed by atoms with van der Waals surface area (Å²) in [5.41, 5.74) is 4.35. The number of unbranched alkanes of at least 4 members (excludes halogenated alkanes) is 5. The van der Waals surface area contributed by atoms with Crippen LogP contribution in [-0.4, -0.2) is 17.6 Å². The van der Waals surface area contributed by atoms with E-state index >= 15 is 0 Å². The molecule has 1 amide bonds. The standard InChI is InChI=1S/C35H55NO3.C4H10/c1-11-12-13-14-15-16-21-39-30-19-18-26(24-27(30)33(2,3)4)36-31(37)20-17-25-22-28(34(5,6)7)32(38)29(23-25)35(8,9)10;1-4(2)3/h18-19,22-24,38H,11-17,20-21H2,1-10H3,(H,36,37);4H,1-3H3. The van der Waals surface area contributed by atoms with E-state index in [0.717, 1.165) is 52.6 Å². The van der Waals surface area contributed by atoms with Crippen molar-refractivity contribution in [3.05, 3.63) is 52.6 Å². The second-order valence-electron chi connectivity index (χ2n) is 15.9. The molecule has 0 fully saturated rings. The minimum Gasteiger partial charge on any atom is -0.507 e. The molecule has 2 aromatic carbocycles. The lowest BCUT2D eigenvalue weighted by atomic mass is 9.78. The van der Waals surface area contributed by atoms with Gasteiger partial charge in [0.25, 0.3) is 0 Å². The average Bonchev–Trinajstić information content (AvgIpc) is 2.86. The number of amides is 1. The quantitative estimate of drug-likeness (QED) is 0.240. The van der Waals surface area contributed by atoms with Gasteiger partial charge in [0.05, 0.1) is 6.61 Å². The lowest BCUT2D eigenvalue weighted by molar-refractivity contribution is -0.116. The van der Waals surface area contributed by atoms with Crippen LogP contribution in [0, 0.1) is 5.92 Å². The molecule has 2 aromatic rings. The van der Waals surface area contributed by atoms with E-state index in [-0.39, 0.29) is 22.2 Å². The summed E-state index contributed by atoms with van der Waals surface area (Å²) in [6, 6.07) is 10.1. The zero-order valence-corrected chi connectivity index (χ0v) is 30.1. The van der Waals surface area contributed by atoms with E-state index in [0.29, 0.717) is 18.6 Å². The van der Waals surface area contributed by atoms with Crippen LogP contribution in [0.5, 0.6) is 11.5 Å². The molecule has 2 N–H and O–H groups in total. The number of ether oxygens (including phenoxy) is 1. The number of hydrogen-bond acceptors (Lipinski definition) is 3. The summed E-state index contributed by atoms with van der Waals surface area (Å²) in [6.07, 6.45) is 8.41. The molecular formula is C39H65NO3. The minimum atomic E-state index is -0.190. The van der Waals surface area contributed by atoms with Crippen molar-refractivity contribution in [2.75, 3.05) is 11.9 Å². The molecule has 0 aliphatic carbocycles. The van der Waals surface area contributed by atoms with E-state index in [4.69, 9.17) is 4.74 Å². The maximum Gasteiger partial charge on any atom is 0.224 e. The van der Waals surface area contributed by atoms with Crippen LogP contribution in [0.4, 0.5) is 5.69 Å². The normalized spacial score (nSPS) is 12.1. The van der Waals surface area contributed by atoms with E-state index in [1.54, 1.807) is 0 Å². The third-order valence-electron chi connectivity index (χ3n) is 7.25. The SMILES string of the molecule is CC(C)C.CCCCCCCCOc1ccc(NC(=O)CCc2cc(C(C)(C)C)c(O)c(C(C)(C)C)c2)cc1C(C)(C)C. The van der Waals surface area contributed by atoms with Crippen LogP contribution in [0.25, 0.3) is 0 Å². The highest BCUT2D eigenvalue weighted by atomic mass is 16.5. The summed E-state index contributed by atoms with van der Waals surface area (Å²) in [5, 5.41) is 14.1. The zero-order valence-electron chi connectivity index (χ0n) is 30.1. The monoisotopic (exact) mass is 595 g/mol. The van der Waals surface area contributed by atoms with Gasteiger partial charge in [0.2, 0.25) is 5.91 Å². The first-order valence-corrected chi connectivity index (χ1v) is 16.7. The zero-order chi connectivity index (χ0) is 33.0. The van der Waals surface area contributed by atoms with Crippen molar-refractivity contribution in [3.8, 4) is 11.5 Å². The van der Waals surface area contributed by atoms with Crippen LogP contribution in [0.2, 0.25) is 0 Å². The average molecular weight is 596 g/mol. The van der Waals surface area contributed by atoms with Crippen LogP contribution < -0.4 is 10.1 Å². The lowest BCUT2D eigenvalue weighted by Crippen LogP contribution is -2.19. The summed E-state index contributed by atoms with van der Waals surface area (Å²) < 4.78 is 6.19. The van der Waals surface area contributed by atoms with E-state index in [2.05, 4.69) is 114 Å². The highest BCUT2D eigenvalue weighted by Crippen LogP contribution is 2.40. The second kappa shape index (κ2) is 17.1. The molecule has 4 nitrogen and oxygen atoms in total. The third-order valence-corrected chi connectivity index (χ3v) is 7.25. The van der Waals surface area contributed by atoms with Gasteiger partial charge in [0.1, 0.15) is 11.5 Å². The summed E-state index contributed by atoms with van der Waals surface area (Å²) in [5.74, 6) is 2.09. The Labute approximate surface area is 265 Å². The largest absolute Gasteiger partial charge is 0.507 e. The number of phenolic OH excluding ortho intramolecular Hbond substituents is 1. The van der Waals surface area contributed by atoms with Crippen LogP contribution in [0.3, 0.4) is 0 Å². The number of nitrogens with one attached hydrogen (secondary N) is 1. The van der Waals surface area contributed by atoms with E-state index in [9.17, 15) is 9.90 Å². The lowest BCUT2D eigenvalue weighted by Gasteiger charge is -2.28. The van der Waals surface area contributed by atoms with Crippen molar-refractivity contribution in [1.29, 1.82) is 0 Å². The summed E-state index contributed by atoms with van der Waals surface area (Å²) in [6.45, 7) is 28.7. The number of carbonyl (C=O) groups is 1. The van der Waals surface area contributed by atoms with Gasteiger partial charge in [-0.2, -0.15) is 0 Å². The molecule has 0 radical (unpaired) electrons. The molecule has 0 bridgehead atoms. The summed E-state index contributed by atoms with van der Waals surface area (Å²) >= 11 is 0. The van der Waals surface area contributed by atoms with Gasteiger partial charge in [0.15, 0.2) is 0 Å². The number of aromatic hydroxyl groups is 1. The molecule has 2 rings (SSSR count). The Morgan fingerprint density at radius 2 is 1.26 bits per heavy atom. The number of rotatable bonds is 12. The van der Waals surface area contributed by atoms with Gasteiger partial charge in [-0.1, -0.05) is 134 Å². The predicted molar refractivity (Wildman–Crippen MR) is 187 cm³/mol. The predicted octanol–water partition coefficient (Wildman–Crippen LogP) is 11.3. The number of hydrogen-bond donors (Lipinski definition) is 2. The molecule has 0 saturated carbocycles. The fourth-order valence-electron chi connectivity index (χ4n) is 4.85. The van der Waals surface area contributed by atoms with Gasteiger partial charge < -0.3 is 15.2 Å². The molecule has 0 atom stereocenters. The number of carbonyl (C=O) groups excluding carboxylic acids is 1. The molecule has 0 aliphatic heterocycles. The maximum absolute atomic E-state index is 13.0. The Bertz CT molecular complexity index is 1090. The molecule has 0 saturated heterocycles. The third kappa shape index (κ3) is 14.2. The number of benzene rings is 2. The van der Waals surface area contributed by atoms with Crippen molar-refractivity contribution in [3.63, 3.8) is 0 Å². The molecule has 0 aromatic heterocycles. The van der Waals surface area contributed by atoms with Crippen molar-refractivity contribution in [2.24, 2.45) is 5.92 Å². The van der Waals surface area contributed by atoms with Crippen molar-refractivity contribution < 1.29 is 14.6 Å². The van der Waals surface area contributed by atoms with E-state index in [1.165, 1.54) is 32.1 Å². The first kappa shape index (κ1) is 38.5. The van der Waals surface area contributed by atoms with Gasteiger partial charge in [0, 0.05) is 17.7 Å². The topological polar surface area (TPSA) is 58.6 Å². The summed E-state index contributed by atoms with van der Waals surface area (Å²) in [7, 11) is 0. The van der Waals surface area contributed by atoms with Gasteiger partial charge in [-0.25, -0.2) is 0 Å². The maximum atomic E-state index is 13.0. The molecule has 4 heteroatoms. The number of phenols is 1. The molecule has 0 heterocycles. The van der Waals surface area contributed by atoms with Crippen molar-refractivity contribution in [1.82, 2.24) is 0 Å². The summed E-state index contributed by atoms with van der Waals surface area (Å²) in [4.78, 5) is 13.0. The molecule has 43 heavy (non-hydrogen) atoms. The fraction of sp³-hybridized carbons (Fsp3) is 0.667. The minimum absolute atomic E-state index is 0.0155. The Balaban J connectivity index is 0.00000217. The molecule has 0 spiro atoms. The number of anilines is 1. The number of aryl methyl sites for hydroxylation is 1. The molecule has 0 unspecified atom stereocenters. The Hall–Kier alpha value is -2.49. The van der Waals surface area contributed by atoms with Gasteiger partial charge in [-0.05, 0) is 69.9 Å². The highest BCUT2D eigenvalue weighted by molar-refractivity contribution is 5.91. The Kier molecular flexibility index (Phi) is 15.3. The van der Waals surface area contributed by atoms with Crippen LogP contribution >= 0.6 is 0 Å². The molecule has 244 valence electrons. The van der Waals surface area contributed by atoms with Crippen molar-refractivity contribution in [2.45, 2.75) is 158 Å². The van der Waals surface area contributed by atoms with Crippen LogP contribution in [0.1, 0.15) is 157 Å². The first-order chi connectivity index (χ1) is 19.8. The Morgan fingerprint density at radius 1 is 0.767 bits per heavy atom. The second-order valence-corrected chi connectivity index (χ2v) is 15.9. The van der Waals surface area contributed by atoms with Gasteiger partial charge >= 0.3 is 0 Å². The van der Waals surface area contributed by atoms with E-state index in [1.807, 2.05) is 12.1 Å². The van der Waals surface area contributed by atoms with Gasteiger partial charge in [-0.3, -0.25) is 4.79 Å². The fourth-order valence-corrected chi connectivity index (χ4v) is 4.85. The highest BCUT2D eigenvalue weighted by Gasteiger charge is 2.26. The van der Waals surface area contributed by atoms with Crippen molar-refractivity contribution >= 4 is 11.6 Å². The molecule has 0 aliphatic rings. The van der Waals surface area contributed by atoms with Crippen LogP contribution in [0.15, 0.2) is 30.3 Å². The van der Waals surface area contributed by atoms with Crippen LogP contribution in [-0.2, 0) is 27.5 Å². The Morgan fingerprint density at radius 3 is 1.74 bits per heavy atom. The smallest absolute Gasteiger partial charge is 0.224 e. The first-order valence-electron chi connectivity index (χ1n) is 16.7. The molecular weight excluding hydrogens is 530 g/mol.